The summed E-state index contributed by atoms with van der Waals surface area (Å²) in [7, 11) is 1.47. The van der Waals surface area contributed by atoms with Crippen LogP contribution in [0.15, 0.2) is 36.4 Å². The Morgan fingerprint density at radius 1 is 1.25 bits per heavy atom. The SMILES string of the molecule is COc1cccc(F)c1C1CNc2ccc(F)cc2O1. The number of ether oxygens (including phenoxy) is 2. The molecule has 0 amide bonds. The molecule has 1 atom stereocenters. The average Bonchev–Trinajstić information content (AvgIpc) is 2.46. The summed E-state index contributed by atoms with van der Waals surface area (Å²) in [6.07, 6.45) is -0.569. The van der Waals surface area contributed by atoms with Gasteiger partial charge < -0.3 is 14.8 Å². The lowest BCUT2D eigenvalue weighted by molar-refractivity contribution is 0.199. The summed E-state index contributed by atoms with van der Waals surface area (Å²) < 4.78 is 38.1. The molecule has 0 aromatic heterocycles. The van der Waals surface area contributed by atoms with Gasteiger partial charge in [-0.05, 0) is 24.3 Å². The Kier molecular flexibility index (Phi) is 3.18. The van der Waals surface area contributed by atoms with Crippen molar-refractivity contribution in [2.24, 2.45) is 0 Å². The monoisotopic (exact) mass is 277 g/mol. The molecule has 0 fully saturated rings. The van der Waals surface area contributed by atoms with Gasteiger partial charge >= 0.3 is 0 Å². The molecule has 1 aliphatic heterocycles. The fourth-order valence-corrected chi connectivity index (χ4v) is 2.31. The van der Waals surface area contributed by atoms with E-state index in [9.17, 15) is 8.78 Å². The summed E-state index contributed by atoms with van der Waals surface area (Å²) in [6, 6.07) is 8.81. The number of methoxy groups -OCH3 is 1. The van der Waals surface area contributed by atoms with E-state index in [1.807, 2.05) is 0 Å². The molecule has 104 valence electrons. The van der Waals surface area contributed by atoms with Gasteiger partial charge in [-0.3, -0.25) is 0 Å². The summed E-state index contributed by atoms with van der Waals surface area (Å²) in [4.78, 5) is 0. The molecule has 0 saturated carbocycles. The molecule has 1 heterocycles. The number of fused-ring (bicyclic) bond motifs is 1. The molecule has 1 aliphatic rings. The van der Waals surface area contributed by atoms with Crippen LogP contribution in [-0.2, 0) is 0 Å². The lowest BCUT2D eigenvalue weighted by Crippen LogP contribution is -2.25. The molecule has 0 spiro atoms. The maximum Gasteiger partial charge on any atom is 0.147 e. The van der Waals surface area contributed by atoms with E-state index in [4.69, 9.17) is 9.47 Å². The highest BCUT2D eigenvalue weighted by atomic mass is 19.1. The molecule has 0 bridgehead atoms. The molecule has 3 rings (SSSR count). The van der Waals surface area contributed by atoms with Gasteiger partial charge in [0.05, 0.1) is 24.9 Å². The normalized spacial score (nSPS) is 16.9. The molecule has 2 aromatic carbocycles. The maximum atomic E-state index is 14.0. The molecule has 5 heteroatoms. The van der Waals surface area contributed by atoms with Crippen LogP contribution in [0.25, 0.3) is 0 Å². The standard InChI is InChI=1S/C15H13F2NO2/c1-19-12-4-2-3-10(17)15(12)14-8-18-11-6-5-9(16)7-13(11)20-14/h2-7,14,18H,8H2,1H3. The van der Waals surface area contributed by atoms with Crippen LogP contribution in [0.4, 0.5) is 14.5 Å². The second kappa shape index (κ2) is 5.00. The Morgan fingerprint density at radius 3 is 2.90 bits per heavy atom. The van der Waals surface area contributed by atoms with Crippen molar-refractivity contribution < 1.29 is 18.3 Å². The zero-order valence-corrected chi connectivity index (χ0v) is 10.8. The number of anilines is 1. The van der Waals surface area contributed by atoms with E-state index in [1.54, 1.807) is 18.2 Å². The Labute approximate surface area is 115 Å². The summed E-state index contributed by atoms with van der Waals surface area (Å²) >= 11 is 0. The molecule has 20 heavy (non-hydrogen) atoms. The van der Waals surface area contributed by atoms with Crippen molar-refractivity contribution in [1.29, 1.82) is 0 Å². The van der Waals surface area contributed by atoms with Gasteiger partial charge in [0.25, 0.3) is 0 Å². The van der Waals surface area contributed by atoms with Crippen molar-refractivity contribution in [1.82, 2.24) is 0 Å². The Hall–Kier alpha value is -2.30. The van der Waals surface area contributed by atoms with Crippen LogP contribution < -0.4 is 14.8 Å². The van der Waals surface area contributed by atoms with Crippen LogP contribution in [0.5, 0.6) is 11.5 Å². The van der Waals surface area contributed by atoms with Gasteiger partial charge in [-0.25, -0.2) is 8.78 Å². The minimum atomic E-state index is -0.569. The summed E-state index contributed by atoms with van der Waals surface area (Å²) in [5, 5.41) is 3.10. The predicted octanol–water partition coefficient (Wildman–Crippen LogP) is 3.52. The highest BCUT2D eigenvalue weighted by Crippen LogP contribution is 2.38. The van der Waals surface area contributed by atoms with Gasteiger partial charge in [-0.1, -0.05) is 6.07 Å². The third kappa shape index (κ3) is 2.15. The van der Waals surface area contributed by atoms with Gasteiger partial charge in [0.1, 0.15) is 29.2 Å². The van der Waals surface area contributed by atoms with Crippen molar-refractivity contribution in [2.75, 3.05) is 19.0 Å². The van der Waals surface area contributed by atoms with Crippen molar-refractivity contribution >= 4 is 5.69 Å². The van der Waals surface area contributed by atoms with Crippen molar-refractivity contribution in [3.63, 3.8) is 0 Å². The number of rotatable bonds is 2. The minimum absolute atomic E-state index is 0.331. The summed E-state index contributed by atoms with van der Waals surface area (Å²) in [5.41, 5.74) is 1.02. The Bertz CT molecular complexity index is 646. The topological polar surface area (TPSA) is 30.5 Å². The van der Waals surface area contributed by atoms with Gasteiger partial charge in [-0.2, -0.15) is 0 Å². The van der Waals surface area contributed by atoms with Crippen molar-refractivity contribution in [3.8, 4) is 11.5 Å². The first kappa shape index (κ1) is 12.7. The second-order valence-corrected chi connectivity index (χ2v) is 4.48. The molecule has 0 radical (unpaired) electrons. The first-order valence-electron chi connectivity index (χ1n) is 6.21. The largest absolute Gasteiger partial charge is 0.496 e. The fourth-order valence-electron chi connectivity index (χ4n) is 2.31. The van der Waals surface area contributed by atoms with Crippen LogP contribution in [-0.4, -0.2) is 13.7 Å². The molecular formula is C15H13F2NO2. The molecule has 0 aliphatic carbocycles. The van der Waals surface area contributed by atoms with E-state index in [-0.39, 0.29) is 0 Å². The van der Waals surface area contributed by atoms with E-state index >= 15 is 0 Å². The van der Waals surface area contributed by atoms with E-state index in [0.717, 1.165) is 0 Å². The molecular weight excluding hydrogens is 264 g/mol. The molecule has 2 aromatic rings. The number of nitrogens with one attached hydrogen (secondary N) is 1. The van der Waals surface area contributed by atoms with Gasteiger partial charge in [-0.15, -0.1) is 0 Å². The molecule has 3 nitrogen and oxygen atoms in total. The quantitative estimate of drug-likeness (QED) is 0.911. The lowest BCUT2D eigenvalue weighted by Gasteiger charge is -2.28. The highest BCUT2D eigenvalue weighted by Gasteiger charge is 2.26. The van der Waals surface area contributed by atoms with Crippen LogP contribution in [0.1, 0.15) is 11.7 Å². The first-order chi connectivity index (χ1) is 9.69. The number of hydrogen-bond acceptors (Lipinski definition) is 3. The highest BCUT2D eigenvalue weighted by molar-refractivity contribution is 5.58. The third-order valence-corrected chi connectivity index (χ3v) is 3.25. The maximum absolute atomic E-state index is 14.0. The molecule has 1 N–H and O–H groups in total. The van der Waals surface area contributed by atoms with E-state index in [2.05, 4.69) is 5.32 Å². The predicted molar refractivity (Wildman–Crippen MR) is 71.2 cm³/mol. The number of benzene rings is 2. The Balaban J connectivity index is 1.98. The Morgan fingerprint density at radius 2 is 2.10 bits per heavy atom. The number of halogens is 2. The minimum Gasteiger partial charge on any atom is -0.496 e. The van der Waals surface area contributed by atoms with Crippen LogP contribution >= 0.6 is 0 Å². The summed E-state index contributed by atoms with van der Waals surface area (Å²) in [6.45, 7) is 0.385. The smallest absolute Gasteiger partial charge is 0.147 e. The summed E-state index contributed by atoms with van der Waals surface area (Å²) in [5.74, 6) is -0.0223. The van der Waals surface area contributed by atoms with Crippen LogP contribution in [0.3, 0.4) is 0 Å². The van der Waals surface area contributed by atoms with Gasteiger partial charge in [0.2, 0.25) is 0 Å². The van der Waals surface area contributed by atoms with Gasteiger partial charge in [0.15, 0.2) is 0 Å². The second-order valence-electron chi connectivity index (χ2n) is 4.48. The van der Waals surface area contributed by atoms with E-state index < -0.39 is 17.7 Å². The van der Waals surface area contributed by atoms with Gasteiger partial charge in [0, 0.05) is 6.07 Å². The first-order valence-corrected chi connectivity index (χ1v) is 6.21. The zero-order valence-electron chi connectivity index (χ0n) is 10.8. The number of hydrogen-bond donors (Lipinski definition) is 1. The average molecular weight is 277 g/mol. The third-order valence-electron chi connectivity index (χ3n) is 3.25. The van der Waals surface area contributed by atoms with Crippen LogP contribution in [0.2, 0.25) is 0 Å². The molecule has 0 saturated heterocycles. The van der Waals surface area contributed by atoms with Crippen molar-refractivity contribution in [2.45, 2.75) is 6.10 Å². The lowest BCUT2D eigenvalue weighted by atomic mass is 10.1. The van der Waals surface area contributed by atoms with Crippen molar-refractivity contribution in [3.05, 3.63) is 53.6 Å². The fraction of sp³-hybridized carbons (Fsp3) is 0.200. The van der Waals surface area contributed by atoms with E-state index in [1.165, 1.54) is 25.3 Å². The molecule has 1 unspecified atom stereocenters. The van der Waals surface area contributed by atoms with Crippen LogP contribution in [0, 0.1) is 11.6 Å². The zero-order chi connectivity index (χ0) is 14.1. The van der Waals surface area contributed by atoms with E-state index in [0.29, 0.717) is 29.3 Å².